The number of carboxylic acids is 1. The maximum atomic E-state index is 12.4. The van der Waals surface area contributed by atoms with Crippen LogP contribution in [0.25, 0.3) is 0 Å². The fourth-order valence-corrected chi connectivity index (χ4v) is 1.36. The highest BCUT2D eigenvalue weighted by atomic mass is 19.4. The number of alkyl halides is 3. The zero-order chi connectivity index (χ0) is 12.3. The van der Waals surface area contributed by atoms with Gasteiger partial charge in [-0.25, -0.2) is 0 Å². The van der Waals surface area contributed by atoms with Gasteiger partial charge in [0, 0.05) is 6.42 Å². The van der Waals surface area contributed by atoms with E-state index < -0.39 is 17.7 Å². The summed E-state index contributed by atoms with van der Waals surface area (Å²) in [6, 6.07) is 3.37. The maximum Gasteiger partial charge on any atom is 0.416 e. The summed E-state index contributed by atoms with van der Waals surface area (Å²) in [7, 11) is 0. The molecule has 0 saturated carbocycles. The second-order valence-corrected chi connectivity index (χ2v) is 3.53. The fourth-order valence-electron chi connectivity index (χ4n) is 1.36. The summed E-state index contributed by atoms with van der Waals surface area (Å²) in [4.78, 5) is 10.3. The van der Waals surface area contributed by atoms with Gasteiger partial charge < -0.3 is 5.11 Å². The van der Waals surface area contributed by atoms with Gasteiger partial charge in [0.2, 0.25) is 0 Å². The van der Waals surface area contributed by atoms with Crippen LogP contribution in [0.15, 0.2) is 18.2 Å². The third-order valence-corrected chi connectivity index (χ3v) is 2.28. The van der Waals surface area contributed by atoms with Crippen LogP contribution in [0.2, 0.25) is 0 Å². The van der Waals surface area contributed by atoms with E-state index >= 15 is 0 Å². The number of aliphatic carboxylic acids is 1. The van der Waals surface area contributed by atoms with Crippen molar-refractivity contribution in [3.05, 3.63) is 34.9 Å². The van der Waals surface area contributed by atoms with Crippen LogP contribution in [0.5, 0.6) is 0 Å². The smallest absolute Gasteiger partial charge is 0.416 e. The van der Waals surface area contributed by atoms with Crippen LogP contribution in [-0.2, 0) is 17.4 Å². The van der Waals surface area contributed by atoms with E-state index in [1.165, 1.54) is 6.07 Å². The summed E-state index contributed by atoms with van der Waals surface area (Å²) in [5.74, 6) is -1.02. The standard InChI is InChI=1S/C11H11F3O2/c1-7-2-4-9(11(12,13)14)6-8(7)3-5-10(15)16/h2,4,6H,3,5H2,1H3,(H,15,16). The predicted octanol–water partition coefficient (Wildman–Crippen LogP) is 3.03. The molecule has 16 heavy (non-hydrogen) atoms. The number of carboxylic acid groups (broad SMARTS) is 1. The van der Waals surface area contributed by atoms with Crippen molar-refractivity contribution in [3.8, 4) is 0 Å². The molecule has 0 aliphatic heterocycles. The summed E-state index contributed by atoms with van der Waals surface area (Å²) < 4.78 is 37.1. The molecule has 5 heteroatoms. The predicted molar refractivity (Wildman–Crippen MR) is 52.1 cm³/mol. The lowest BCUT2D eigenvalue weighted by Crippen LogP contribution is -2.07. The van der Waals surface area contributed by atoms with Gasteiger partial charge in [-0.2, -0.15) is 13.2 Å². The number of aryl methyl sites for hydroxylation is 2. The summed E-state index contributed by atoms with van der Waals surface area (Å²) in [6.07, 6.45) is -4.43. The van der Waals surface area contributed by atoms with Crippen LogP contribution in [0.3, 0.4) is 0 Å². The lowest BCUT2D eigenvalue weighted by molar-refractivity contribution is -0.137. The minimum Gasteiger partial charge on any atom is -0.481 e. The van der Waals surface area contributed by atoms with E-state index in [9.17, 15) is 18.0 Å². The van der Waals surface area contributed by atoms with Crippen LogP contribution in [0.1, 0.15) is 23.1 Å². The Labute approximate surface area is 90.7 Å². The van der Waals surface area contributed by atoms with Gasteiger partial charge in [-0.1, -0.05) is 6.07 Å². The highest BCUT2D eigenvalue weighted by Crippen LogP contribution is 2.30. The van der Waals surface area contributed by atoms with Gasteiger partial charge in [0.25, 0.3) is 0 Å². The molecule has 0 aliphatic carbocycles. The molecule has 0 heterocycles. The SMILES string of the molecule is Cc1ccc(C(F)(F)F)cc1CCC(=O)O. The number of rotatable bonds is 3. The van der Waals surface area contributed by atoms with E-state index in [1.54, 1.807) is 6.92 Å². The van der Waals surface area contributed by atoms with Crippen molar-refractivity contribution in [1.82, 2.24) is 0 Å². The molecule has 0 spiro atoms. The lowest BCUT2D eigenvalue weighted by Gasteiger charge is -2.10. The first-order valence-corrected chi connectivity index (χ1v) is 4.69. The Morgan fingerprint density at radius 3 is 2.50 bits per heavy atom. The Kier molecular flexibility index (Phi) is 3.57. The number of halogens is 3. The monoisotopic (exact) mass is 232 g/mol. The molecule has 1 aromatic carbocycles. The molecular formula is C11H11F3O2. The summed E-state index contributed by atoms with van der Waals surface area (Å²) in [5, 5.41) is 8.47. The molecular weight excluding hydrogens is 221 g/mol. The molecule has 1 N–H and O–H groups in total. The van der Waals surface area contributed by atoms with Gasteiger partial charge >= 0.3 is 12.1 Å². The van der Waals surface area contributed by atoms with Crippen molar-refractivity contribution in [2.45, 2.75) is 25.9 Å². The molecule has 88 valence electrons. The normalized spacial score (nSPS) is 11.5. The van der Waals surface area contributed by atoms with Crippen molar-refractivity contribution < 1.29 is 23.1 Å². The Morgan fingerprint density at radius 2 is 2.00 bits per heavy atom. The summed E-state index contributed by atoms with van der Waals surface area (Å²) in [6.45, 7) is 1.66. The molecule has 0 aromatic heterocycles. The summed E-state index contributed by atoms with van der Waals surface area (Å²) >= 11 is 0. The number of hydrogen-bond donors (Lipinski definition) is 1. The lowest BCUT2D eigenvalue weighted by atomic mass is 10.0. The van der Waals surface area contributed by atoms with E-state index in [-0.39, 0.29) is 12.8 Å². The van der Waals surface area contributed by atoms with Gasteiger partial charge in [-0.05, 0) is 36.6 Å². The molecule has 0 bridgehead atoms. The molecule has 1 rings (SSSR count). The van der Waals surface area contributed by atoms with Gasteiger partial charge in [0.05, 0.1) is 5.56 Å². The second-order valence-electron chi connectivity index (χ2n) is 3.53. The highest BCUT2D eigenvalue weighted by Gasteiger charge is 2.30. The Hall–Kier alpha value is -1.52. The van der Waals surface area contributed by atoms with Crippen molar-refractivity contribution in [2.75, 3.05) is 0 Å². The van der Waals surface area contributed by atoms with E-state index in [0.717, 1.165) is 12.1 Å². The van der Waals surface area contributed by atoms with Crippen LogP contribution >= 0.6 is 0 Å². The Bertz CT molecular complexity index is 397. The number of hydrogen-bond acceptors (Lipinski definition) is 1. The third-order valence-electron chi connectivity index (χ3n) is 2.28. The first-order valence-electron chi connectivity index (χ1n) is 4.69. The molecule has 0 radical (unpaired) electrons. The van der Waals surface area contributed by atoms with Gasteiger partial charge in [-0.15, -0.1) is 0 Å². The average molecular weight is 232 g/mol. The van der Waals surface area contributed by atoms with Gasteiger partial charge in [0.15, 0.2) is 0 Å². The maximum absolute atomic E-state index is 12.4. The van der Waals surface area contributed by atoms with Crippen LogP contribution in [-0.4, -0.2) is 11.1 Å². The van der Waals surface area contributed by atoms with E-state index in [4.69, 9.17) is 5.11 Å². The average Bonchev–Trinajstić information content (AvgIpc) is 2.14. The molecule has 0 saturated heterocycles. The quantitative estimate of drug-likeness (QED) is 0.869. The Balaban J connectivity index is 2.95. The van der Waals surface area contributed by atoms with Gasteiger partial charge in [-0.3, -0.25) is 4.79 Å². The number of carbonyl (C=O) groups is 1. The van der Waals surface area contributed by atoms with Crippen LogP contribution < -0.4 is 0 Å². The third kappa shape index (κ3) is 3.25. The van der Waals surface area contributed by atoms with E-state index in [2.05, 4.69) is 0 Å². The van der Waals surface area contributed by atoms with Crippen LogP contribution in [0.4, 0.5) is 13.2 Å². The van der Waals surface area contributed by atoms with Crippen molar-refractivity contribution >= 4 is 5.97 Å². The minimum absolute atomic E-state index is 0.116. The first kappa shape index (κ1) is 12.5. The molecule has 2 nitrogen and oxygen atoms in total. The van der Waals surface area contributed by atoms with Crippen molar-refractivity contribution in [2.24, 2.45) is 0 Å². The molecule has 0 fully saturated rings. The largest absolute Gasteiger partial charge is 0.481 e. The molecule has 0 aliphatic rings. The van der Waals surface area contributed by atoms with Crippen LogP contribution in [0, 0.1) is 6.92 Å². The first-order chi connectivity index (χ1) is 7.30. The van der Waals surface area contributed by atoms with Crippen molar-refractivity contribution in [3.63, 3.8) is 0 Å². The van der Waals surface area contributed by atoms with E-state index in [1.807, 2.05) is 0 Å². The summed E-state index contributed by atoms with van der Waals surface area (Å²) in [5.41, 5.74) is 0.366. The Morgan fingerprint density at radius 1 is 1.38 bits per heavy atom. The fraction of sp³-hybridized carbons (Fsp3) is 0.364. The van der Waals surface area contributed by atoms with E-state index in [0.29, 0.717) is 11.1 Å². The zero-order valence-electron chi connectivity index (χ0n) is 8.64. The molecule has 0 amide bonds. The topological polar surface area (TPSA) is 37.3 Å². The molecule has 1 aromatic rings. The molecule has 0 atom stereocenters. The highest BCUT2D eigenvalue weighted by molar-refractivity contribution is 5.67. The minimum atomic E-state index is -4.38. The van der Waals surface area contributed by atoms with Crippen molar-refractivity contribution in [1.29, 1.82) is 0 Å². The second kappa shape index (κ2) is 4.55. The molecule has 0 unspecified atom stereocenters. The van der Waals surface area contributed by atoms with Gasteiger partial charge in [0.1, 0.15) is 0 Å². The zero-order valence-corrected chi connectivity index (χ0v) is 8.64. The number of benzene rings is 1.